The number of carbonyl (C=O) groups is 2. The van der Waals surface area contributed by atoms with E-state index in [9.17, 15) is 9.59 Å². The number of anilines is 1. The van der Waals surface area contributed by atoms with Gasteiger partial charge in [0.2, 0.25) is 0 Å². The number of halogens is 1. The molecule has 3 rings (SSSR count). The minimum absolute atomic E-state index is 0.182. The van der Waals surface area contributed by atoms with Gasteiger partial charge >= 0.3 is 0 Å². The Morgan fingerprint density at radius 2 is 1.73 bits per heavy atom. The van der Waals surface area contributed by atoms with Crippen molar-refractivity contribution in [2.45, 2.75) is 45.1 Å². The van der Waals surface area contributed by atoms with Gasteiger partial charge in [0.25, 0.3) is 11.8 Å². The molecule has 1 aliphatic carbocycles. The number of pyridine rings is 1. The highest BCUT2D eigenvalue weighted by molar-refractivity contribution is 6.31. The zero-order valence-electron chi connectivity index (χ0n) is 14.7. The number of hydrogen-bond acceptors (Lipinski definition) is 3. The largest absolute Gasteiger partial charge is 0.349 e. The minimum Gasteiger partial charge on any atom is -0.349 e. The summed E-state index contributed by atoms with van der Waals surface area (Å²) < 4.78 is 0. The zero-order chi connectivity index (χ0) is 18.5. The molecule has 0 bridgehead atoms. The first kappa shape index (κ1) is 18.4. The molecule has 2 aromatic rings. The number of nitrogens with one attached hydrogen (secondary N) is 2. The summed E-state index contributed by atoms with van der Waals surface area (Å²) in [5.74, 6) is -0.506. The van der Waals surface area contributed by atoms with Crippen LogP contribution in [0.2, 0.25) is 5.02 Å². The van der Waals surface area contributed by atoms with Crippen molar-refractivity contribution in [1.82, 2.24) is 10.3 Å². The Morgan fingerprint density at radius 1 is 1.04 bits per heavy atom. The van der Waals surface area contributed by atoms with E-state index in [1.165, 1.54) is 18.8 Å². The van der Waals surface area contributed by atoms with E-state index in [0.717, 1.165) is 31.2 Å². The second-order valence-corrected chi connectivity index (χ2v) is 7.12. The van der Waals surface area contributed by atoms with Gasteiger partial charge in [-0.15, -0.1) is 0 Å². The summed E-state index contributed by atoms with van der Waals surface area (Å²) in [7, 11) is 0. The van der Waals surface area contributed by atoms with E-state index in [1.54, 1.807) is 18.2 Å². The van der Waals surface area contributed by atoms with Gasteiger partial charge in [0, 0.05) is 29.1 Å². The van der Waals surface area contributed by atoms with Gasteiger partial charge in [-0.2, -0.15) is 0 Å². The summed E-state index contributed by atoms with van der Waals surface area (Å²) in [5.41, 5.74) is 2.27. The first-order chi connectivity index (χ1) is 12.5. The van der Waals surface area contributed by atoms with E-state index in [2.05, 4.69) is 15.6 Å². The first-order valence-electron chi connectivity index (χ1n) is 8.86. The van der Waals surface area contributed by atoms with Crippen LogP contribution in [0.25, 0.3) is 0 Å². The fourth-order valence-electron chi connectivity index (χ4n) is 3.13. The smallest absolute Gasteiger partial charge is 0.257 e. The summed E-state index contributed by atoms with van der Waals surface area (Å²) in [6, 6.07) is 7.08. The Bertz CT molecular complexity index is 816. The van der Waals surface area contributed by atoms with Gasteiger partial charge in [0.05, 0.1) is 11.1 Å². The highest BCUT2D eigenvalue weighted by Crippen LogP contribution is 2.21. The number of benzene rings is 1. The topological polar surface area (TPSA) is 71.1 Å². The Hall–Kier alpha value is -2.40. The van der Waals surface area contributed by atoms with E-state index in [0.29, 0.717) is 21.8 Å². The molecule has 6 heteroatoms. The van der Waals surface area contributed by atoms with Crippen LogP contribution in [0.3, 0.4) is 0 Å². The minimum atomic E-state index is -0.324. The molecular formula is C20H22ClN3O2. The Kier molecular flexibility index (Phi) is 5.89. The molecule has 26 heavy (non-hydrogen) atoms. The van der Waals surface area contributed by atoms with Gasteiger partial charge in [-0.1, -0.05) is 36.9 Å². The van der Waals surface area contributed by atoms with E-state index >= 15 is 0 Å². The predicted octanol–water partition coefficient (Wildman–Crippen LogP) is 4.36. The molecule has 1 aromatic carbocycles. The van der Waals surface area contributed by atoms with Crippen molar-refractivity contribution in [2.75, 3.05) is 5.32 Å². The molecular weight excluding hydrogens is 350 g/mol. The normalized spacial score (nSPS) is 14.7. The number of carbonyl (C=O) groups excluding carboxylic acids is 2. The average Bonchev–Trinajstić information content (AvgIpc) is 2.65. The molecule has 0 spiro atoms. The lowest BCUT2D eigenvalue weighted by Crippen LogP contribution is -2.36. The summed E-state index contributed by atoms with van der Waals surface area (Å²) in [4.78, 5) is 29.0. The highest BCUT2D eigenvalue weighted by Gasteiger charge is 2.18. The van der Waals surface area contributed by atoms with Crippen LogP contribution in [-0.2, 0) is 0 Å². The van der Waals surface area contributed by atoms with E-state index in [1.807, 2.05) is 13.0 Å². The van der Waals surface area contributed by atoms with Gasteiger partial charge in [0.15, 0.2) is 0 Å². The third kappa shape index (κ3) is 4.61. The molecule has 1 saturated carbocycles. The molecule has 0 atom stereocenters. The number of aromatic nitrogens is 1. The van der Waals surface area contributed by atoms with Crippen molar-refractivity contribution in [3.8, 4) is 0 Å². The number of aryl methyl sites for hydroxylation is 1. The van der Waals surface area contributed by atoms with Crippen LogP contribution in [0, 0.1) is 6.92 Å². The van der Waals surface area contributed by atoms with E-state index < -0.39 is 0 Å². The maximum absolute atomic E-state index is 12.5. The molecule has 0 saturated heterocycles. The monoisotopic (exact) mass is 371 g/mol. The van der Waals surface area contributed by atoms with Crippen molar-refractivity contribution in [1.29, 1.82) is 0 Å². The van der Waals surface area contributed by atoms with Crippen LogP contribution in [0.1, 0.15) is 58.4 Å². The summed E-state index contributed by atoms with van der Waals surface area (Å²) in [5, 5.41) is 6.41. The first-order valence-corrected chi connectivity index (χ1v) is 9.24. The van der Waals surface area contributed by atoms with Gasteiger partial charge in [-0.3, -0.25) is 14.6 Å². The summed E-state index contributed by atoms with van der Waals surface area (Å²) in [6.45, 7) is 1.89. The average molecular weight is 372 g/mol. The predicted molar refractivity (Wildman–Crippen MR) is 103 cm³/mol. The number of nitrogens with zero attached hydrogens (tertiary/aromatic N) is 1. The molecule has 2 amide bonds. The molecule has 5 nitrogen and oxygen atoms in total. The molecule has 0 unspecified atom stereocenters. The van der Waals surface area contributed by atoms with Gasteiger partial charge in [-0.25, -0.2) is 0 Å². The molecule has 2 N–H and O–H groups in total. The fraction of sp³-hybridized carbons (Fsp3) is 0.350. The van der Waals surface area contributed by atoms with Crippen LogP contribution < -0.4 is 10.6 Å². The van der Waals surface area contributed by atoms with Crippen molar-refractivity contribution >= 4 is 29.1 Å². The maximum Gasteiger partial charge on any atom is 0.257 e. The van der Waals surface area contributed by atoms with Crippen LogP contribution in [0.4, 0.5) is 5.69 Å². The number of hydrogen-bond donors (Lipinski definition) is 2. The molecule has 136 valence electrons. The second kappa shape index (κ2) is 8.32. The third-order valence-corrected chi connectivity index (χ3v) is 4.89. The lowest BCUT2D eigenvalue weighted by atomic mass is 9.95. The Balaban J connectivity index is 1.70. The van der Waals surface area contributed by atoms with Crippen molar-refractivity contribution in [2.24, 2.45) is 0 Å². The van der Waals surface area contributed by atoms with Crippen molar-refractivity contribution < 1.29 is 9.59 Å². The van der Waals surface area contributed by atoms with Gasteiger partial charge in [-0.05, 0) is 43.5 Å². The molecule has 0 radical (unpaired) electrons. The molecule has 1 aromatic heterocycles. The molecule has 1 heterocycles. The quantitative estimate of drug-likeness (QED) is 0.838. The van der Waals surface area contributed by atoms with Gasteiger partial charge < -0.3 is 10.6 Å². The Labute approximate surface area is 158 Å². The van der Waals surface area contributed by atoms with Gasteiger partial charge in [0.1, 0.15) is 0 Å². The SMILES string of the molecule is Cc1ccc(Cl)cc1NC(=O)c1cncc(C(=O)NC2CCCCC2)c1. The standard InChI is InChI=1S/C20H22ClN3O2/c1-13-7-8-16(21)10-18(13)24-20(26)15-9-14(11-22-12-15)19(25)23-17-5-3-2-4-6-17/h7-12,17H,2-6H2,1H3,(H,23,25)(H,24,26). The lowest BCUT2D eigenvalue weighted by molar-refractivity contribution is 0.0927. The highest BCUT2D eigenvalue weighted by atomic mass is 35.5. The second-order valence-electron chi connectivity index (χ2n) is 6.68. The fourth-order valence-corrected chi connectivity index (χ4v) is 3.30. The van der Waals surface area contributed by atoms with Crippen LogP contribution in [-0.4, -0.2) is 22.8 Å². The number of rotatable bonds is 4. The third-order valence-electron chi connectivity index (χ3n) is 4.65. The molecule has 1 fully saturated rings. The lowest BCUT2D eigenvalue weighted by Gasteiger charge is -2.22. The van der Waals surface area contributed by atoms with E-state index in [4.69, 9.17) is 11.6 Å². The zero-order valence-corrected chi connectivity index (χ0v) is 15.5. The Morgan fingerprint density at radius 3 is 2.46 bits per heavy atom. The summed E-state index contributed by atoms with van der Waals surface area (Å²) >= 11 is 5.99. The number of amides is 2. The summed E-state index contributed by atoms with van der Waals surface area (Å²) in [6.07, 6.45) is 8.47. The van der Waals surface area contributed by atoms with Crippen LogP contribution in [0.15, 0.2) is 36.7 Å². The molecule has 1 aliphatic rings. The van der Waals surface area contributed by atoms with Crippen molar-refractivity contribution in [3.05, 3.63) is 58.4 Å². The van der Waals surface area contributed by atoms with Crippen LogP contribution in [0.5, 0.6) is 0 Å². The van der Waals surface area contributed by atoms with E-state index in [-0.39, 0.29) is 17.9 Å². The van der Waals surface area contributed by atoms with Crippen molar-refractivity contribution in [3.63, 3.8) is 0 Å². The maximum atomic E-state index is 12.5. The van der Waals surface area contributed by atoms with Crippen LogP contribution >= 0.6 is 11.6 Å². The molecule has 0 aliphatic heterocycles.